The number of halogens is 1. The predicted molar refractivity (Wildman–Crippen MR) is 121 cm³/mol. The van der Waals surface area contributed by atoms with Gasteiger partial charge < -0.3 is 5.32 Å². The summed E-state index contributed by atoms with van der Waals surface area (Å²) in [6.07, 6.45) is 3.25. The quantitative estimate of drug-likeness (QED) is 0.507. The molecule has 5 rings (SSSR count). The molecule has 2 aromatic carbocycles. The number of nitrogens with zero attached hydrogens (tertiary/aromatic N) is 5. The number of hydrogen-bond donors (Lipinski definition) is 1. The Morgan fingerprint density at radius 3 is 2.62 bits per heavy atom. The molecule has 0 spiro atoms. The van der Waals surface area contributed by atoms with E-state index in [1.165, 1.54) is 12.3 Å². The van der Waals surface area contributed by atoms with E-state index in [1.807, 2.05) is 38.3 Å². The van der Waals surface area contributed by atoms with Crippen molar-refractivity contribution in [2.24, 2.45) is 0 Å². The Hall–Kier alpha value is -3.27. The molecule has 0 amide bonds. The van der Waals surface area contributed by atoms with E-state index in [2.05, 4.69) is 20.6 Å². The Balaban J connectivity index is 1.84. The molecule has 1 N–H and O–H groups in total. The minimum absolute atomic E-state index is 0.400. The first kappa shape index (κ1) is 20.6. The molecule has 3 heterocycles. The third-order valence-electron chi connectivity index (χ3n) is 5.96. The maximum absolute atomic E-state index is 15.5. The van der Waals surface area contributed by atoms with Gasteiger partial charge in [0, 0.05) is 11.8 Å². The minimum Gasteiger partial charge on any atom is -0.369 e. The van der Waals surface area contributed by atoms with Crippen LogP contribution in [0, 0.1) is 12.7 Å². The van der Waals surface area contributed by atoms with Crippen molar-refractivity contribution < 1.29 is 12.8 Å². The average Bonchev–Trinajstić information content (AvgIpc) is 3.35. The summed E-state index contributed by atoms with van der Waals surface area (Å²) < 4.78 is 42.7. The molecule has 0 bridgehead atoms. The van der Waals surface area contributed by atoms with Crippen molar-refractivity contribution >= 4 is 26.6 Å². The fourth-order valence-electron chi connectivity index (χ4n) is 4.49. The first-order valence-corrected chi connectivity index (χ1v) is 12.1. The first-order valence-electron chi connectivity index (χ1n) is 10.3. The van der Waals surface area contributed by atoms with E-state index in [0.717, 1.165) is 21.7 Å². The van der Waals surface area contributed by atoms with Gasteiger partial charge in [0.2, 0.25) is 0 Å². The second kappa shape index (κ2) is 6.61. The first-order chi connectivity index (χ1) is 15.0. The normalized spacial score (nSPS) is 14.8. The van der Waals surface area contributed by atoms with Crippen LogP contribution in [0.5, 0.6) is 0 Å². The smallest absolute Gasteiger partial charge is 0.251 e. The maximum Gasteiger partial charge on any atom is 0.251 e. The van der Waals surface area contributed by atoms with Crippen molar-refractivity contribution in [1.29, 1.82) is 0 Å². The molecule has 0 fully saturated rings. The summed E-state index contributed by atoms with van der Waals surface area (Å²) in [4.78, 5) is 0. The highest BCUT2D eigenvalue weighted by atomic mass is 32.2. The highest BCUT2D eigenvalue weighted by Gasteiger charge is 2.37. The molecule has 0 radical (unpaired) electrons. The molecule has 2 aromatic heterocycles. The van der Waals surface area contributed by atoms with Gasteiger partial charge in [-0.3, -0.25) is 4.57 Å². The van der Waals surface area contributed by atoms with Gasteiger partial charge in [-0.25, -0.2) is 12.8 Å². The zero-order valence-electron chi connectivity index (χ0n) is 18.4. The third-order valence-corrected chi connectivity index (χ3v) is 6.88. The van der Waals surface area contributed by atoms with E-state index < -0.39 is 21.4 Å². The molecule has 1 aliphatic rings. The molecule has 8 nitrogen and oxygen atoms in total. The standard InChI is InChI=1S/C22H23FN6O2S/c1-6-18-26-27-21-22(3,4)25-19-16(23)10-14(12(2)20(19)28(18)21)13-8-7-9-17-15(13)11-24-29(17)32(5,30)31/h7-11,25H,6H2,1-5H3. The second-order valence-corrected chi connectivity index (χ2v) is 10.4. The minimum atomic E-state index is -3.57. The fraction of sp³-hybridized carbons (Fsp3) is 0.318. The number of hydrogen-bond acceptors (Lipinski definition) is 6. The van der Waals surface area contributed by atoms with Crippen LogP contribution in [0.3, 0.4) is 0 Å². The number of rotatable bonds is 3. The van der Waals surface area contributed by atoms with Crippen LogP contribution < -0.4 is 5.32 Å². The van der Waals surface area contributed by atoms with Gasteiger partial charge in [0.05, 0.1) is 34.9 Å². The summed E-state index contributed by atoms with van der Waals surface area (Å²) in [6.45, 7) is 7.80. The summed E-state index contributed by atoms with van der Waals surface area (Å²) in [7, 11) is -3.57. The molecule has 166 valence electrons. The monoisotopic (exact) mass is 454 g/mol. The second-order valence-electron chi connectivity index (χ2n) is 8.62. The van der Waals surface area contributed by atoms with Crippen LogP contribution >= 0.6 is 0 Å². The van der Waals surface area contributed by atoms with Crippen molar-refractivity contribution in [3.63, 3.8) is 0 Å². The van der Waals surface area contributed by atoms with Gasteiger partial charge in [0.1, 0.15) is 11.6 Å². The van der Waals surface area contributed by atoms with Crippen LogP contribution in [0.25, 0.3) is 27.7 Å². The van der Waals surface area contributed by atoms with Crippen LogP contribution in [0.15, 0.2) is 30.5 Å². The van der Waals surface area contributed by atoms with Gasteiger partial charge in [0.15, 0.2) is 5.82 Å². The Bertz CT molecular complexity index is 1520. The fourth-order valence-corrected chi connectivity index (χ4v) is 5.23. The number of aromatic nitrogens is 5. The zero-order valence-corrected chi connectivity index (χ0v) is 19.2. The van der Waals surface area contributed by atoms with E-state index in [4.69, 9.17) is 0 Å². The lowest BCUT2D eigenvalue weighted by molar-refractivity contribution is 0.521. The van der Waals surface area contributed by atoms with E-state index in [0.29, 0.717) is 45.6 Å². The van der Waals surface area contributed by atoms with E-state index in [1.54, 1.807) is 12.1 Å². The van der Waals surface area contributed by atoms with Gasteiger partial charge >= 0.3 is 0 Å². The highest BCUT2D eigenvalue weighted by molar-refractivity contribution is 7.89. The Morgan fingerprint density at radius 1 is 1.19 bits per heavy atom. The van der Waals surface area contributed by atoms with Crippen molar-refractivity contribution in [1.82, 2.24) is 24.0 Å². The summed E-state index contributed by atoms with van der Waals surface area (Å²) in [6, 6.07) is 6.78. The zero-order chi connectivity index (χ0) is 23.0. The molecule has 0 saturated heterocycles. The Kier molecular flexibility index (Phi) is 4.26. The van der Waals surface area contributed by atoms with Gasteiger partial charge in [-0.15, -0.1) is 10.2 Å². The molecule has 0 unspecified atom stereocenters. The van der Waals surface area contributed by atoms with Crippen molar-refractivity contribution in [2.45, 2.75) is 39.7 Å². The number of benzene rings is 2. The van der Waals surface area contributed by atoms with E-state index >= 15 is 4.39 Å². The SMILES string of the molecule is CCc1nnc2n1-c1c(C)c(-c3cccc4c3cnn4S(C)(=O)=O)cc(F)c1NC2(C)C. The Labute approximate surface area is 185 Å². The summed E-state index contributed by atoms with van der Waals surface area (Å²) >= 11 is 0. The van der Waals surface area contributed by atoms with Crippen LogP contribution in [0.2, 0.25) is 0 Å². The summed E-state index contributed by atoms with van der Waals surface area (Å²) in [5, 5.41) is 16.7. The van der Waals surface area contributed by atoms with Crippen molar-refractivity contribution in [3.8, 4) is 16.8 Å². The summed E-state index contributed by atoms with van der Waals surface area (Å²) in [5.74, 6) is 1.06. The van der Waals surface area contributed by atoms with Crippen LogP contribution in [0.4, 0.5) is 10.1 Å². The van der Waals surface area contributed by atoms with Crippen LogP contribution in [-0.2, 0) is 22.0 Å². The molecule has 10 heteroatoms. The van der Waals surface area contributed by atoms with Crippen LogP contribution in [-0.4, -0.2) is 38.6 Å². The number of anilines is 1. The molecular formula is C22H23FN6O2S. The Morgan fingerprint density at radius 2 is 1.94 bits per heavy atom. The number of nitrogens with one attached hydrogen (secondary N) is 1. The molecule has 32 heavy (non-hydrogen) atoms. The largest absolute Gasteiger partial charge is 0.369 e. The average molecular weight is 455 g/mol. The lowest BCUT2D eigenvalue weighted by Crippen LogP contribution is -2.37. The molecule has 1 aliphatic heterocycles. The molecule has 0 aliphatic carbocycles. The molecule has 0 saturated carbocycles. The third kappa shape index (κ3) is 2.78. The lowest BCUT2D eigenvalue weighted by atomic mass is 9.92. The van der Waals surface area contributed by atoms with E-state index in [9.17, 15) is 8.42 Å². The molecular weight excluding hydrogens is 431 g/mol. The van der Waals surface area contributed by atoms with Crippen molar-refractivity contribution in [3.05, 3.63) is 53.5 Å². The molecule has 4 aromatic rings. The van der Waals surface area contributed by atoms with Gasteiger partial charge in [0.25, 0.3) is 10.0 Å². The maximum atomic E-state index is 15.5. The lowest BCUT2D eigenvalue weighted by Gasteiger charge is -2.35. The van der Waals surface area contributed by atoms with Crippen molar-refractivity contribution in [2.75, 3.05) is 11.6 Å². The van der Waals surface area contributed by atoms with Crippen LogP contribution in [0.1, 0.15) is 38.0 Å². The topological polar surface area (TPSA) is 94.7 Å². The summed E-state index contributed by atoms with van der Waals surface area (Å²) in [5.41, 5.74) is 3.11. The van der Waals surface area contributed by atoms with Gasteiger partial charge in [-0.1, -0.05) is 19.1 Å². The predicted octanol–water partition coefficient (Wildman–Crippen LogP) is 3.76. The van der Waals surface area contributed by atoms with E-state index in [-0.39, 0.29) is 0 Å². The molecule has 0 atom stereocenters. The van der Waals surface area contributed by atoms with Gasteiger partial charge in [-0.05, 0) is 49.6 Å². The highest BCUT2D eigenvalue weighted by Crippen LogP contribution is 2.44. The number of fused-ring (bicyclic) bond motifs is 4. The number of aryl methyl sites for hydroxylation is 1. The van der Waals surface area contributed by atoms with Gasteiger partial charge in [-0.2, -0.15) is 9.19 Å².